The lowest BCUT2D eigenvalue weighted by Gasteiger charge is -2.33. The second-order valence-corrected chi connectivity index (χ2v) is 8.70. The zero-order valence-corrected chi connectivity index (χ0v) is 25.2. The molecule has 7 N–H and O–H groups in total. The number of hydrogen-bond donors (Lipinski definition) is 11. The summed E-state index contributed by atoms with van der Waals surface area (Å²) in [5.41, 5.74) is -1.53. The topological polar surface area (TPSA) is 253 Å². The van der Waals surface area contributed by atoms with E-state index in [1.165, 1.54) is 0 Å². The van der Waals surface area contributed by atoms with Crippen LogP contribution in [0.4, 0.5) is 0 Å². The average molecular weight is 645 g/mol. The van der Waals surface area contributed by atoms with Gasteiger partial charge in [0.2, 0.25) is 0 Å². The van der Waals surface area contributed by atoms with Crippen molar-refractivity contribution in [3.63, 3.8) is 0 Å². The van der Waals surface area contributed by atoms with Crippen molar-refractivity contribution in [1.82, 2.24) is 0 Å². The van der Waals surface area contributed by atoms with Crippen LogP contribution in [-0.4, -0.2) is 120 Å². The van der Waals surface area contributed by atoms with Gasteiger partial charge in [0.25, 0.3) is 0 Å². The van der Waals surface area contributed by atoms with Crippen LogP contribution in [-0.2, 0) is 33.5 Å². The lowest BCUT2D eigenvalue weighted by molar-refractivity contribution is -0.170. The Morgan fingerprint density at radius 2 is 0.821 bits per heavy atom. The molecule has 0 aromatic rings. The molecule has 1 atom stereocenters. The zero-order chi connectivity index (χ0) is 32.0. The minimum Gasteiger partial charge on any atom is -0.481 e. The van der Waals surface area contributed by atoms with E-state index in [1.54, 1.807) is 0 Å². The molecule has 0 saturated heterocycles. The van der Waals surface area contributed by atoms with Crippen molar-refractivity contribution in [1.29, 1.82) is 0 Å². The molecule has 0 bridgehead atoms. The number of aliphatic hydroxyl groups excluding tert-OH is 3. The van der Waals surface area contributed by atoms with Crippen molar-refractivity contribution in [2.45, 2.75) is 45.6 Å². The fourth-order valence-electron chi connectivity index (χ4n) is 1.59. The van der Waals surface area contributed by atoms with Gasteiger partial charge in [0.1, 0.15) is 0 Å². The second-order valence-electron chi connectivity index (χ2n) is 6.91. The number of Topliss-reactive ketones (excluding diaryl/α,β-unsaturated/α-hetero) is 1. The molecule has 0 aromatic heterocycles. The number of carbonyl (C=O) groups excluding carboxylic acids is 2. The Hall–Kier alpha value is -1.70. The van der Waals surface area contributed by atoms with E-state index in [0.29, 0.717) is 23.0 Å². The minimum atomic E-state index is -1.53. The third-order valence-electron chi connectivity index (χ3n) is 3.46. The van der Waals surface area contributed by atoms with Crippen LogP contribution in [0.15, 0.2) is 0 Å². The average Bonchev–Trinajstić information content (AvgIpc) is 2.81. The predicted octanol–water partition coefficient (Wildman–Crippen LogP) is 0.0340. The first-order chi connectivity index (χ1) is 18.0. The van der Waals surface area contributed by atoms with Gasteiger partial charge in [-0.15, -0.1) is 0 Å². The van der Waals surface area contributed by atoms with Crippen molar-refractivity contribution >= 4 is 86.1 Å². The highest BCUT2D eigenvalue weighted by Gasteiger charge is 2.43. The Bertz CT molecular complexity index is 615. The minimum absolute atomic E-state index is 0.156. The summed E-state index contributed by atoms with van der Waals surface area (Å²) < 4.78 is 4.68. The molecule has 18 heteroatoms. The van der Waals surface area contributed by atoms with Crippen LogP contribution in [0, 0.1) is 5.41 Å². The van der Waals surface area contributed by atoms with E-state index in [0.717, 1.165) is 13.8 Å². The van der Waals surface area contributed by atoms with Gasteiger partial charge < -0.3 is 40.5 Å². The third-order valence-corrected chi connectivity index (χ3v) is 4.35. The standard InChI is InChI=1S/C9H16O6.4C3H6O2S/c1-6(13)8(15-7(2)14)9(3-10,4-11)5-12;4*4-3(5)1-2-6/h8,10-12H,3-5H2,1-2H3;4*6H,1-2H2,(H,4,5)/t8-;;;;/m1..../s1. The van der Waals surface area contributed by atoms with Gasteiger partial charge in [-0.25, -0.2) is 0 Å². The van der Waals surface area contributed by atoms with E-state index in [1.807, 2.05) is 0 Å². The number of hydrogen-bond acceptors (Lipinski definition) is 14. The van der Waals surface area contributed by atoms with E-state index in [4.69, 9.17) is 35.7 Å². The van der Waals surface area contributed by atoms with Gasteiger partial charge in [0.15, 0.2) is 11.9 Å². The maximum absolute atomic E-state index is 11.2. The van der Waals surface area contributed by atoms with Gasteiger partial charge in [-0.05, 0) is 6.92 Å². The van der Waals surface area contributed by atoms with Crippen LogP contribution in [0.5, 0.6) is 0 Å². The Balaban J connectivity index is -0.000000135. The van der Waals surface area contributed by atoms with Crippen LogP contribution in [0.25, 0.3) is 0 Å². The third kappa shape index (κ3) is 38.5. The van der Waals surface area contributed by atoms with Crippen LogP contribution >= 0.6 is 50.5 Å². The van der Waals surface area contributed by atoms with Gasteiger partial charge >= 0.3 is 29.8 Å². The van der Waals surface area contributed by atoms with Crippen LogP contribution in [0.2, 0.25) is 0 Å². The molecule has 0 radical (unpaired) electrons. The lowest BCUT2D eigenvalue weighted by atomic mass is 9.82. The molecule has 0 heterocycles. The molecule has 0 aliphatic rings. The van der Waals surface area contributed by atoms with Gasteiger partial charge in [-0.1, -0.05) is 0 Å². The number of rotatable bonds is 14. The first-order valence-electron chi connectivity index (χ1n) is 10.8. The molecule has 0 aromatic carbocycles. The molecule has 0 saturated carbocycles. The van der Waals surface area contributed by atoms with Gasteiger partial charge in [0, 0.05) is 29.9 Å². The Kier molecular flexibility index (Phi) is 39.3. The molecule has 0 unspecified atom stereocenters. The maximum Gasteiger partial charge on any atom is 0.304 e. The number of esters is 1. The summed E-state index contributed by atoms with van der Waals surface area (Å²) in [6, 6.07) is 0. The van der Waals surface area contributed by atoms with E-state index in [-0.39, 0.29) is 25.7 Å². The monoisotopic (exact) mass is 644 g/mol. The van der Waals surface area contributed by atoms with Crippen molar-refractivity contribution < 1.29 is 69.2 Å². The smallest absolute Gasteiger partial charge is 0.304 e. The van der Waals surface area contributed by atoms with Crippen molar-refractivity contribution in [2.24, 2.45) is 5.41 Å². The van der Waals surface area contributed by atoms with Crippen molar-refractivity contribution in [3.8, 4) is 0 Å². The summed E-state index contributed by atoms with van der Waals surface area (Å²) in [4.78, 5) is 60.1. The molecule has 14 nitrogen and oxygen atoms in total. The first kappa shape index (κ1) is 47.1. The van der Waals surface area contributed by atoms with Crippen LogP contribution < -0.4 is 0 Å². The zero-order valence-electron chi connectivity index (χ0n) is 21.6. The lowest BCUT2D eigenvalue weighted by Crippen LogP contribution is -2.50. The number of thiol groups is 4. The molecule has 0 amide bonds. The summed E-state index contributed by atoms with van der Waals surface area (Å²) in [5.74, 6) is -2.70. The Morgan fingerprint density at radius 3 is 0.897 bits per heavy atom. The van der Waals surface area contributed by atoms with Crippen molar-refractivity contribution in [2.75, 3.05) is 42.8 Å². The molecule has 0 spiro atoms. The molecular weight excluding hydrogens is 604 g/mol. The maximum atomic E-state index is 11.2. The molecule has 0 fully saturated rings. The quantitative estimate of drug-likeness (QED) is 0.0882. The molecule has 0 aliphatic heterocycles. The summed E-state index contributed by atoms with van der Waals surface area (Å²) in [5, 5.41) is 58.6. The summed E-state index contributed by atoms with van der Waals surface area (Å²) in [6.45, 7) is 0.294. The van der Waals surface area contributed by atoms with E-state index in [9.17, 15) is 28.8 Å². The van der Waals surface area contributed by atoms with Gasteiger partial charge in [-0.2, -0.15) is 50.5 Å². The Labute approximate surface area is 248 Å². The molecule has 0 aliphatic carbocycles. The van der Waals surface area contributed by atoms with E-state index >= 15 is 0 Å². The number of ether oxygens (including phenoxy) is 1. The number of carboxylic acids is 4. The fraction of sp³-hybridized carbons (Fsp3) is 0.714. The van der Waals surface area contributed by atoms with Crippen LogP contribution in [0.3, 0.4) is 0 Å². The second kappa shape index (κ2) is 32.5. The SMILES string of the molecule is CC(=O)O[C@H](C(C)=O)C(CO)(CO)CO.O=C(O)CCS.O=C(O)CCS.O=C(O)CCS.O=C(O)CCS. The fourth-order valence-corrected chi connectivity index (χ4v) is 2.35. The number of aliphatic carboxylic acids is 4. The molecular formula is C21H40O14S4. The highest BCUT2D eigenvalue weighted by Crippen LogP contribution is 2.24. The summed E-state index contributed by atoms with van der Waals surface area (Å²) in [6.07, 6.45) is -0.715. The van der Waals surface area contributed by atoms with Gasteiger partial charge in [-0.3, -0.25) is 28.8 Å². The number of ketones is 1. The number of carboxylic acid groups (broad SMARTS) is 4. The molecule has 232 valence electrons. The highest BCUT2D eigenvalue weighted by atomic mass is 32.1. The van der Waals surface area contributed by atoms with Crippen molar-refractivity contribution in [3.05, 3.63) is 0 Å². The number of aliphatic hydroxyl groups is 3. The van der Waals surface area contributed by atoms with E-state index < -0.39 is 67.0 Å². The van der Waals surface area contributed by atoms with E-state index in [2.05, 4.69) is 55.3 Å². The normalized spacial score (nSPS) is 10.2. The first-order valence-corrected chi connectivity index (χ1v) is 13.4. The highest BCUT2D eigenvalue weighted by molar-refractivity contribution is 7.80. The number of carbonyl (C=O) groups is 6. The molecule has 39 heavy (non-hydrogen) atoms. The van der Waals surface area contributed by atoms with Crippen LogP contribution in [0.1, 0.15) is 39.5 Å². The largest absolute Gasteiger partial charge is 0.481 e. The Morgan fingerprint density at radius 1 is 0.590 bits per heavy atom. The molecule has 0 rings (SSSR count). The summed E-state index contributed by atoms with van der Waals surface area (Å²) >= 11 is 14.7. The summed E-state index contributed by atoms with van der Waals surface area (Å²) in [7, 11) is 0. The predicted molar refractivity (Wildman–Crippen MR) is 154 cm³/mol. The van der Waals surface area contributed by atoms with Gasteiger partial charge in [0.05, 0.1) is 50.9 Å².